The van der Waals surface area contributed by atoms with Gasteiger partial charge in [-0.2, -0.15) is 0 Å². The summed E-state index contributed by atoms with van der Waals surface area (Å²) < 4.78 is 4.85. The fraction of sp³-hybridized carbons (Fsp3) is 0.111. The Hall–Kier alpha value is -4.72. The van der Waals surface area contributed by atoms with E-state index >= 15 is 0 Å². The molecule has 178 valence electrons. The van der Waals surface area contributed by atoms with Gasteiger partial charge in [0.05, 0.1) is 7.11 Å². The van der Waals surface area contributed by atoms with Crippen molar-refractivity contribution in [2.45, 2.75) is 12.5 Å². The smallest absolute Gasteiger partial charge is 0.328 e. The van der Waals surface area contributed by atoms with Crippen LogP contribution in [-0.4, -0.2) is 36.8 Å². The van der Waals surface area contributed by atoms with Crippen molar-refractivity contribution >= 4 is 23.7 Å². The van der Waals surface area contributed by atoms with Gasteiger partial charge in [-0.15, -0.1) is 0 Å². The monoisotopic (exact) mass is 471 g/mol. The minimum atomic E-state index is -1.12. The highest BCUT2D eigenvalue weighted by molar-refractivity contribution is 5.98. The quantitative estimate of drug-likeness (QED) is 0.415. The molecule has 0 aliphatic carbocycles. The van der Waals surface area contributed by atoms with Gasteiger partial charge in [0.25, 0.3) is 17.7 Å². The highest BCUT2D eigenvalue weighted by atomic mass is 16.5. The number of methoxy groups -OCH3 is 1. The molecule has 3 rings (SSSR count). The number of carbonyl (C=O) groups is 4. The van der Waals surface area contributed by atoms with Gasteiger partial charge in [-0.25, -0.2) is 4.79 Å². The molecule has 35 heavy (non-hydrogen) atoms. The Bertz CT molecular complexity index is 1200. The predicted molar refractivity (Wildman–Crippen MR) is 130 cm³/mol. The predicted octanol–water partition coefficient (Wildman–Crippen LogP) is 3.05. The zero-order chi connectivity index (χ0) is 25.0. The van der Waals surface area contributed by atoms with E-state index in [0.29, 0.717) is 16.7 Å². The molecule has 3 N–H and O–H groups in total. The van der Waals surface area contributed by atoms with E-state index in [2.05, 4.69) is 16.0 Å². The maximum Gasteiger partial charge on any atom is 0.328 e. The van der Waals surface area contributed by atoms with Gasteiger partial charge >= 0.3 is 5.97 Å². The first-order chi connectivity index (χ1) is 17.0. The van der Waals surface area contributed by atoms with Crippen LogP contribution in [0.1, 0.15) is 37.5 Å². The van der Waals surface area contributed by atoms with Crippen molar-refractivity contribution < 1.29 is 23.9 Å². The van der Waals surface area contributed by atoms with Crippen LogP contribution in [0, 0.1) is 0 Å². The van der Waals surface area contributed by atoms with Crippen molar-refractivity contribution in [2.24, 2.45) is 0 Å². The first-order valence-electron chi connectivity index (χ1n) is 10.8. The Morgan fingerprint density at radius 3 is 1.66 bits per heavy atom. The van der Waals surface area contributed by atoms with Gasteiger partial charge in [-0.3, -0.25) is 14.4 Å². The molecule has 0 heterocycles. The molecule has 0 aliphatic heterocycles. The largest absolute Gasteiger partial charge is 0.467 e. The molecule has 8 heteroatoms. The van der Waals surface area contributed by atoms with Crippen LogP contribution in [0.15, 0.2) is 103 Å². The first-order valence-corrected chi connectivity index (χ1v) is 10.8. The van der Waals surface area contributed by atoms with Crippen LogP contribution in [0.4, 0.5) is 0 Å². The van der Waals surface area contributed by atoms with E-state index < -0.39 is 29.7 Å². The Morgan fingerprint density at radius 2 is 1.17 bits per heavy atom. The van der Waals surface area contributed by atoms with Gasteiger partial charge < -0.3 is 20.7 Å². The van der Waals surface area contributed by atoms with E-state index in [4.69, 9.17) is 4.74 Å². The molecule has 3 aromatic rings. The van der Waals surface area contributed by atoms with Crippen LogP contribution in [0.5, 0.6) is 0 Å². The van der Waals surface area contributed by atoms with Crippen LogP contribution >= 0.6 is 0 Å². The van der Waals surface area contributed by atoms with E-state index in [1.165, 1.54) is 13.3 Å². The second-order valence-corrected chi connectivity index (χ2v) is 7.45. The molecule has 0 saturated heterocycles. The molecule has 3 amide bonds. The van der Waals surface area contributed by atoms with Crippen LogP contribution in [0.25, 0.3) is 0 Å². The number of benzene rings is 3. The third-order valence-electron chi connectivity index (χ3n) is 4.97. The van der Waals surface area contributed by atoms with Gasteiger partial charge in [0.2, 0.25) is 0 Å². The minimum absolute atomic E-state index is 0.140. The summed E-state index contributed by atoms with van der Waals surface area (Å²) in [6, 6.07) is 24.3. The molecule has 8 nitrogen and oxygen atoms in total. The Balaban J connectivity index is 1.83. The molecular formula is C27H25N3O5. The lowest BCUT2D eigenvalue weighted by Gasteiger charge is -2.19. The SMILES string of the molecule is COC(=O)[C@H](C/C(=C\NC(=O)c1ccccc1)NC(=O)c1ccccc1)NC(=O)c1ccccc1. The van der Waals surface area contributed by atoms with Crippen molar-refractivity contribution in [3.8, 4) is 0 Å². The van der Waals surface area contributed by atoms with Crippen molar-refractivity contribution in [3.63, 3.8) is 0 Å². The molecule has 3 aromatic carbocycles. The van der Waals surface area contributed by atoms with Crippen molar-refractivity contribution in [2.75, 3.05) is 7.11 Å². The first kappa shape index (κ1) is 24.9. The summed E-state index contributed by atoms with van der Waals surface area (Å²) in [4.78, 5) is 50.4. The number of hydrogen-bond acceptors (Lipinski definition) is 5. The average molecular weight is 472 g/mol. The van der Waals surface area contributed by atoms with Crippen LogP contribution in [0.2, 0.25) is 0 Å². The topological polar surface area (TPSA) is 114 Å². The van der Waals surface area contributed by atoms with Gasteiger partial charge in [-0.1, -0.05) is 54.6 Å². The van der Waals surface area contributed by atoms with E-state index in [9.17, 15) is 19.2 Å². The van der Waals surface area contributed by atoms with E-state index in [0.717, 1.165) is 0 Å². The van der Waals surface area contributed by atoms with E-state index in [-0.39, 0.29) is 12.1 Å². The Kier molecular flexibility index (Phi) is 8.90. The lowest BCUT2D eigenvalue weighted by molar-refractivity contribution is -0.142. The third-order valence-corrected chi connectivity index (χ3v) is 4.97. The maximum absolute atomic E-state index is 12.8. The molecule has 0 spiro atoms. The highest BCUT2D eigenvalue weighted by Gasteiger charge is 2.24. The summed E-state index contributed by atoms with van der Waals surface area (Å²) in [5, 5.41) is 7.96. The fourth-order valence-corrected chi connectivity index (χ4v) is 3.17. The summed E-state index contributed by atoms with van der Waals surface area (Å²) >= 11 is 0. The van der Waals surface area contributed by atoms with Crippen LogP contribution in [-0.2, 0) is 9.53 Å². The summed E-state index contributed by atoms with van der Waals surface area (Å²) in [6.45, 7) is 0. The number of carbonyl (C=O) groups excluding carboxylic acids is 4. The van der Waals surface area contributed by atoms with Crippen molar-refractivity contribution in [1.29, 1.82) is 0 Å². The zero-order valence-electron chi connectivity index (χ0n) is 19.1. The van der Waals surface area contributed by atoms with Crippen molar-refractivity contribution in [3.05, 3.63) is 120 Å². The summed E-state index contributed by atoms with van der Waals surface area (Å²) in [6.07, 6.45) is 1.17. The highest BCUT2D eigenvalue weighted by Crippen LogP contribution is 2.09. The fourth-order valence-electron chi connectivity index (χ4n) is 3.17. The van der Waals surface area contributed by atoms with Crippen LogP contribution < -0.4 is 16.0 Å². The van der Waals surface area contributed by atoms with Gasteiger partial charge in [0.15, 0.2) is 0 Å². The summed E-state index contributed by atoms with van der Waals surface area (Å²) in [7, 11) is 1.20. The number of esters is 1. The molecule has 0 aromatic heterocycles. The lowest BCUT2D eigenvalue weighted by Crippen LogP contribution is -2.43. The molecular weight excluding hydrogens is 446 g/mol. The number of nitrogens with one attached hydrogen (secondary N) is 3. The lowest BCUT2D eigenvalue weighted by atomic mass is 10.1. The molecule has 0 aliphatic rings. The number of rotatable bonds is 9. The molecule has 0 fully saturated rings. The van der Waals surface area contributed by atoms with Crippen LogP contribution in [0.3, 0.4) is 0 Å². The molecule has 1 atom stereocenters. The number of hydrogen-bond donors (Lipinski definition) is 3. The normalized spacial score (nSPS) is 11.6. The molecule has 0 radical (unpaired) electrons. The Morgan fingerprint density at radius 1 is 0.714 bits per heavy atom. The second-order valence-electron chi connectivity index (χ2n) is 7.45. The van der Waals surface area contributed by atoms with Crippen molar-refractivity contribution in [1.82, 2.24) is 16.0 Å². The van der Waals surface area contributed by atoms with Gasteiger partial charge in [0, 0.05) is 35.0 Å². The summed E-state index contributed by atoms with van der Waals surface area (Å²) in [5.41, 5.74) is 1.36. The number of ether oxygens (including phenoxy) is 1. The molecule has 0 unspecified atom stereocenters. The molecule has 0 bridgehead atoms. The second kappa shape index (κ2) is 12.5. The van der Waals surface area contributed by atoms with Gasteiger partial charge in [0.1, 0.15) is 6.04 Å². The summed E-state index contributed by atoms with van der Waals surface area (Å²) in [5.74, 6) is -2.03. The zero-order valence-corrected chi connectivity index (χ0v) is 19.1. The minimum Gasteiger partial charge on any atom is -0.467 e. The van der Waals surface area contributed by atoms with Gasteiger partial charge in [-0.05, 0) is 36.4 Å². The van der Waals surface area contributed by atoms with E-state index in [1.807, 2.05) is 0 Å². The Labute approximate surface area is 203 Å². The number of amides is 3. The maximum atomic E-state index is 12.8. The molecule has 0 saturated carbocycles. The third kappa shape index (κ3) is 7.40. The standard InChI is InChI=1S/C27H25N3O5/c1-35-27(34)23(30-26(33)21-15-9-4-10-16-21)17-22(29-25(32)20-13-7-3-8-14-20)18-28-24(31)19-11-5-2-6-12-19/h2-16,18,23H,17H2,1H3,(H,28,31)(H,29,32)(H,30,33)/b22-18+/t23-/m0/s1. The van der Waals surface area contributed by atoms with E-state index in [1.54, 1.807) is 91.0 Å². The average Bonchev–Trinajstić information content (AvgIpc) is 2.91.